The highest BCUT2D eigenvalue weighted by Gasteiger charge is 2.29. The van der Waals surface area contributed by atoms with Crippen LogP contribution in [0.4, 0.5) is 0 Å². The van der Waals surface area contributed by atoms with Gasteiger partial charge >= 0.3 is 0 Å². The molecule has 0 saturated carbocycles. The summed E-state index contributed by atoms with van der Waals surface area (Å²) < 4.78 is 6.09. The lowest BCUT2D eigenvalue weighted by Gasteiger charge is -2.18. The summed E-state index contributed by atoms with van der Waals surface area (Å²) in [5, 5.41) is 4.96. The lowest BCUT2D eigenvalue weighted by atomic mass is 9.90. The largest absolute Gasteiger partial charge is 0.475 e. The third-order valence-corrected chi connectivity index (χ3v) is 6.27. The molecule has 0 amide bonds. The second-order valence-electron chi connectivity index (χ2n) is 8.09. The van der Waals surface area contributed by atoms with E-state index in [2.05, 4.69) is 92.9 Å². The molecule has 4 aromatic carbocycles. The predicted octanol–water partition coefficient (Wildman–Crippen LogP) is 6.94. The molecule has 29 heavy (non-hydrogen) atoms. The Morgan fingerprint density at radius 3 is 2.03 bits per heavy atom. The number of hydrogen-bond donors (Lipinski definition) is 0. The van der Waals surface area contributed by atoms with Crippen LogP contribution in [0, 0.1) is 0 Å². The maximum absolute atomic E-state index is 6.09. The highest BCUT2D eigenvalue weighted by Crippen LogP contribution is 2.43. The van der Waals surface area contributed by atoms with E-state index < -0.39 is 0 Å². The molecule has 5 rings (SSSR count). The molecule has 0 fully saturated rings. The quantitative estimate of drug-likeness (QED) is 0.349. The third kappa shape index (κ3) is 3.10. The monoisotopic (exact) mass is 397 g/mol. The number of benzene rings is 4. The van der Waals surface area contributed by atoms with Crippen LogP contribution in [0.3, 0.4) is 0 Å². The SMILES string of the molecule is CSc1ccc2ccccc2c1-c1c(C2=NC(C)(C)CO2)ccc2ccccc12. The van der Waals surface area contributed by atoms with E-state index >= 15 is 0 Å². The smallest absolute Gasteiger partial charge is 0.217 e. The van der Waals surface area contributed by atoms with Crippen molar-refractivity contribution in [3.05, 3.63) is 78.4 Å². The Labute approximate surface area is 175 Å². The van der Waals surface area contributed by atoms with Gasteiger partial charge in [-0.1, -0.05) is 60.7 Å². The molecule has 3 heteroatoms. The molecule has 1 heterocycles. The van der Waals surface area contributed by atoms with Gasteiger partial charge in [0.25, 0.3) is 0 Å². The first-order valence-corrected chi connectivity index (χ1v) is 11.1. The van der Waals surface area contributed by atoms with Gasteiger partial charge in [0.2, 0.25) is 5.90 Å². The van der Waals surface area contributed by atoms with E-state index in [0.717, 1.165) is 11.5 Å². The summed E-state index contributed by atoms with van der Waals surface area (Å²) in [5.74, 6) is 0.746. The Morgan fingerprint density at radius 2 is 1.41 bits per heavy atom. The van der Waals surface area contributed by atoms with Crippen LogP contribution in [0.15, 0.2) is 82.7 Å². The van der Waals surface area contributed by atoms with Crippen molar-refractivity contribution in [3.63, 3.8) is 0 Å². The molecule has 0 atom stereocenters. The molecule has 0 radical (unpaired) electrons. The third-order valence-electron chi connectivity index (χ3n) is 5.49. The fraction of sp³-hybridized carbons (Fsp3) is 0.192. The fourth-order valence-corrected chi connectivity index (χ4v) is 4.74. The van der Waals surface area contributed by atoms with Crippen molar-refractivity contribution < 1.29 is 4.74 Å². The van der Waals surface area contributed by atoms with Crippen molar-refractivity contribution in [1.82, 2.24) is 0 Å². The molecule has 0 N–H and O–H groups in total. The summed E-state index contributed by atoms with van der Waals surface area (Å²) in [7, 11) is 0. The summed E-state index contributed by atoms with van der Waals surface area (Å²) in [4.78, 5) is 6.17. The summed E-state index contributed by atoms with van der Waals surface area (Å²) in [6.07, 6.45) is 2.14. The molecule has 0 spiro atoms. The van der Waals surface area contributed by atoms with Crippen LogP contribution >= 0.6 is 11.8 Å². The Morgan fingerprint density at radius 1 is 0.793 bits per heavy atom. The zero-order chi connectivity index (χ0) is 20.0. The fourth-order valence-electron chi connectivity index (χ4n) is 4.12. The highest BCUT2D eigenvalue weighted by molar-refractivity contribution is 7.98. The lowest BCUT2D eigenvalue weighted by molar-refractivity contribution is 0.279. The van der Waals surface area contributed by atoms with Gasteiger partial charge in [0.05, 0.1) is 5.54 Å². The van der Waals surface area contributed by atoms with Crippen LogP contribution in [-0.4, -0.2) is 24.3 Å². The van der Waals surface area contributed by atoms with Gasteiger partial charge in [-0.05, 0) is 53.8 Å². The van der Waals surface area contributed by atoms with Crippen LogP contribution in [0.2, 0.25) is 0 Å². The summed E-state index contributed by atoms with van der Waals surface area (Å²) in [6, 6.07) is 26.0. The molecule has 4 aromatic rings. The van der Waals surface area contributed by atoms with Gasteiger partial charge in [-0.2, -0.15) is 0 Å². The molecule has 0 unspecified atom stereocenters. The van der Waals surface area contributed by atoms with Gasteiger partial charge in [0, 0.05) is 21.6 Å². The van der Waals surface area contributed by atoms with Crippen molar-refractivity contribution >= 4 is 39.2 Å². The van der Waals surface area contributed by atoms with E-state index in [0.29, 0.717) is 6.61 Å². The van der Waals surface area contributed by atoms with Crippen LogP contribution < -0.4 is 0 Å². The number of thioether (sulfide) groups is 1. The minimum absolute atomic E-state index is 0.195. The molecule has 144 valence electrons. The first kappa shape index (κ1) is 18.3. The molecule has 0 aliphatic carbocycles. The van der Waals surface area contributed by atoms with E-state index in [4.69, 9.17) is 9.73 Å². The molecule has 1 aliphatic heterocycles. The number of rotatable bonds is 3. The van der Waals surface area contributed by atoms with Crippen molar-refractivity contribution in [2.24, 2.45) is 4.99 Å². The number of ether oxygens (including phenoxy) is 1. The molecular weight excluding hydrogens is 374 g/mol. The average molecular weight is 398 g/mol. The minimum Gasteiger partial charge on any atom is -0.475 e. The normalized spacial score (nSPS) is 15.5. The van der Waals surface area contributed by atoms with Crippen molar-refractivity contribution in [3.8, 4) is 11.1 Å². The van der Waals surface area contributed by atoms with Crippen LogP contribution in [0.5, 0.6) is 0 Å². The van der Waals surface area contributed by atoms with Crippen molar-refractivity contribution in [2.75, 3.05) is 12.9 Å². The lowest BCUT2D eigenvalue weighted by Crippen LogP contribution is -2.17. The van der Waals surface area contributed by atoms with Gasteiger partial charge in [0.1, 0.15) is 6.61 Å². The van der Waals surface area contributed by atoms with Crippen LogP contribution in [0.25, 0.3) is 32.7 Å². The van der Waals surface area contributed by atoms with E-state index in [9.17, 15) is 0 Å². The van der Waals surface area contributed by atoms with E-state index in [1.54, 1.807) is 11.8 Å². The van der Waals surface area contributed by atoms with Gasteiger partial charge in [-0.25, -0.2) is 4.99 Å². The van der Waals surface area contributed by atoms with Crippen LogP contribution in [0.1, 0.15) is 19.4 Å². The predicted molar refractivity (Wildman–Crippen MR) is 125 cm³/mol. The number of fused-ring (bicyclic) bond motifs is 2. The Bertz CT molecular complexity index is 1270. The standard InChI is InChI=1S/C26H23NOS/c1-26(2)16-28-25(27-26)21-14-12-17-8-4-6-10-19(17)23(21)24-20-11-7-5-9-18(20)13-15-22(24)29-3/h4-15H,16H2,1-3H3. The first-order valence-electron chi connectivity index (χ1n) is 9.88. The molecule has 1 aliphatic rings. The van der Waals surface area contributed by atoms with Crippen LogP contribution in [-0.2, 0) is 4.74 Å². The van der Waals surface area contributed by atoms with Gasteiger partial charge in [0.15, 0.2) is 0 Å². The zero-order valence-electron chi connectivity index (χ0n) is 16.9. The minimum atomic E-state index is -0.195. The number of nitrogens with zero attached hydrogens (tertiary/aromatic N) is 1. The number of aliphatic imine (C=N–C) groups is 1. The summed E-state index contributed by atoms with van der Waals surface area (Å²) in [5.41, 5.74) is 3.35. The average Bonchev–Trinajstić information content (AvgIpc) is 3.11. The maximum atomic E-state index is 6.09. The van der Waals surface area contributed by atoms with E-state index in [1.165, 1.54) is 37.6 Å². The van der Waals surface area contributed by atoms with Crippen molar-refractivity contribution in [1.29, 1.82) is 0 Å². The topological polar surface area (TPSA) is 21.6 Å². The first-order chi connectivity index (χ1) is 14.1. The molecule has 0 aromatic heterocycles. The summed E-state index contributed by atoms with van der Waals surface area (Å²) in [6.45, 7) is 4.84. The second-order valence-corrected chi connectivity index (χ2v) is 8.94. The summed E-state index contributed by atoms with van der Waals surface area (Å²) >= 11 is 1.78. The molecule has 0 saturated heterocycles. The van der Waals surface area contributed by atoms with Crippen molar-refractivity contribution in [2.45, 2.75) is 24.3 Å². The molecule has 0 bridgehead atoms. The maximum Gasteiger partial charge on any atom is 0.217 e. The molecule has 2 nitrogen and oxygen atoms in total. The second kappa shape index (κ2) is 6.93. The number of hydrogen-bond acceptors (Lipinski definition) is 3. The van der Waals surface area contributed by atoms with E-state index in [-0.39, 0.29) is 5.54 Å². The van der Waals surface area contributed by atoms with Gasteiger partial charge in [-0.15, -0.1) is 11.8 Å². The van der Waals surface area contributed by atoms with E-state index in [1.807, 2.05) is 0 Å². The highest BCUT2D eigenvalue weighted by atomic mass is 32.2. The Hall–Kier alpha value is -2.78. The Balaban J connectivity index is 1.93. The molecular formula is C26H23NOS. The zero-order valence-corrected chi connectivity index (χ0v) is 17.7. The Kier molecular flexibility index (Phi) is 4.36. The van der Waals surface area contributed by atoms with Gasteiger partial charge < -0.3 is 4.74 Å². The van der Waals surface area contributed by atoms with Gasteiger partial charge in [-0.3, -0.25) is 0 Å².